The minimum absolute atomic E-state index is 0.223. The number of rotatable bonds is 3. The summed E-state index contributed by atoms with van der Waals surface area (Å²) in [5.41, 5.74) is 1.79. The number of hydrogen-bond acceptors (Lipinski definition) is 3. The van der Waals surface area contributed by atoms with Crippen molar-refractivity contribution < 1.29 is 9.53 Å². The molecular formula is C18H14N2O2. The van der Waals surface area contributed by atoms with E-state index in [1.807, 2.05) is 30.3 Å². The first kappa shape index (κ1) is 15.2. The highest BCUT2D eigenvalue weighted by atomic mass is 16.5. The highest BCUT2D eigenvalue weighted by Crippen LogP contribution is 2.15. The Hall–Kier alpha value is -3.24. The molecule has 1 N–H and O–H groups in total. The molecule has 0 spiro atoms. The number of hydrogen-bond donors (Lipinski definition) is 1. The van der Waals surface area contributed by atoms with E-state index in [2.05, 4.69) is 17.2 Å². The molecule has 1 amide bonds. The van der Waals surface area contributed by atoms with Gasteiger partial charge in [0.1, 0.15) is 5.75 Å². The molecule has 0 saturated heterocycles. The van der Waals surface area contributed by atoms with Crippen molar-refractivity contribution in [2.45, 2.75) is 0 Å². The molecule has 0 heterocycles. The van der Waals surface area contributed by atoms with Gasteiger partial charge < -0.3 is 10.1 Å². The summed E-state index contributed by atoms with van der Waals surface area (Å²) in [4.78, 5) is 11.9. The fourth-order valence-electron chi connectivity index (χ4n) is 1.81. The summed E-state index contributed by atoms with van der Waals surface area (Å²) in [6.07, 6.45) is 0. The second kappa shape index (κ2) is 7.52. The van der Waals surface area contributed by atoms with Crippen LogP contribution in [-0.4, -0.2) is 19.6 Å². The first-order chi connectivity index (χ1) is 10.7. The number of methoxy groups -OCH3 is 1. The van der Waals surface area contributed by atoms with Crippen molar-refractivity contribution in [2.75, 3.05) is 13.7 Å². The van der Waals surface area contributed by atoms with Crippen molar-refractivity contribution in [2.24, 2.45) is 0 Å². The molecule has 2 aromatic rings. The zero-order valence-corrected chi connectivity index (χ0v) is 12.1. The molecule has 2 rings (SSSR count). The van der Waals surface area contributed by atoms with Crippen LogP contribution in [0.25, 0.3) is 0 Å². The van der Waals surface area contributed by atoms with Crippen molar-refractivity contribution in [3.8, 4) is 23.7 Å². The summed E-state index contributed by atoms with van der Waals surface area (Å²) in [5.74, 6) is 6.32. The van der Waals surface area contributed by atoms with Gasteiger partial charge >= 0.3 is 0 Å². The van der Waals surface area contributed by atoms with E-state index < -0.39 is 0 Å². The Kier molecular flexibility index (Phi) is 5.18. The maximum atomic E-state index is 11.9. The van der Waals surface area contributed by atoms with Gasteiger partial charge in [0.05, 0.1) is 30.9 Å². The zero-order valence-electron chi connectivity index (χ0n) is 12.1. The molecule has 0 aromatic heterocycles. The van der Waals surface area contributed by atoms with Crippen LogP contribution >= 0.6 is 0 Å². The van der Waals surface area contributed by atoms with Crippen LogP contribution in [-0.2, 0) is 0 Å². The second-order valence-electron chi connectivity index (χ2n) is 4.37. The van der Waals surface area contributed by atoms with Crippen LogP contribution in [0.1, 0.15) is 21.5 Å². The minimum atomic E-state index is -0.223. The predicted octanol–water partition coefficient (Wildman–Crippen LogP) is 2.35. The number of benzene rings is 2. The van der Waals surface area contributed by atoms with E-state index in [0.29, 0.717) is 16.9 Å². The van der Waals surface area contributed by atoms with E-state index in [1.165, 1.54) is 0 Å². The quantitative estimate of drug-likeness (QED) is 0.883. The highest BCUT2D eigenvalue weighted by molar-refractivity contribution is 5.94. The Bertz CT molecular complexity index is 762. The molecule has 2 aromatic carbocycles. The molecule has 0 saturated carbocycles. The van der Waals surface area contributed by atoms with Gasteiger partial charge in [-0.3, -0.25) is 4.79 Å². The molecule has 0 aliphatic carbocycles. The molecule has 0 unspecified atom stereocenters. The third-order valence-electron chi connectivity index (χ3n) is 2.94. The van der Waals surface area contributed by atoms with Crippen molar-refractivity contribution in [1.29, 1.82) is 5.26 Å². The lowest BCUT2D eigenvalue weighted by atomic mass is 10.1. The Morgan fingerprint density at radius 2 is 1.91 bits per heavy atom. The van der Waals surface area contributed by atoms with E-state index in [0.717, 1.165) is 5.56 Å². The number of carbonyl (C=O) groups excluding carboxylic acids is 1. The molecule has 0 radical (unpaired) electrons. The average molecular weight is 290 g/mol. The van der Waals surface area contributed by atoms with E-state index in [4.69, 9.17) is 10.00 Å². The predicted molar refractivity (Wildman–Crippen MR) is 83.4 cm³/mol. The SMILES string of the molecule is COc1ccccc1C#CCNC(=O)c1ccc(C#N)cc1. The van der Waals surface area contributed by atoms with E-state index in [1.54, 1.807) is 31.4 Å². The van der Waals surface area contributed by atoms with Crippen molar-refractivity contribution >= 4 is 5.91 Å². The van der Waals surface area contributed by atoms with Gasteiger partial charge in [-0.2, -0.15) is 5.26 Å². The Morgan fingerprint density at radius 3 is 2.59 bits per heavy atom. The van der Waals surface area contributed by atoms with Crippen molar-refractivity contribution in [3.63, 3.8) is 0 Å². The van der Waals surface area contributed by atoms with Crippen molar-refractivity contribution in [1.82, 2.24) is 5.32 Å². The fraction of sp³-hybridized carbons (Fsp3) is 0.111. The zero-order chi connectivity index (χ0) is 15.8. The number of ether oxygens (including phenoxy) is 1. The number of nitrogens with one attached hydrogen (secondary N) is 1. The highest BCUT2D eigenvalue weighted by Gasteiger charge is 2.03. The van der Waals surface area contributed by atoms with Crippen LogP contribution < -0.4 is 10.1 Å². The molecular weight excluding hydrogens is 276 g/mol. The summed E-state index contributed by atoms with van der Waals surface area (Å²) in [7, 11) is 1.59. The number of nitrogens with zero attached hydrogens (tertiary/aromatic N) is 1. The Morgan fingerprint density at radius 1 is 1.18 bits per heavy atom. The first-order valence-electron chi connectivity index (χ1n) is 6.65. The van der Waals surface area contributed by atoms with Crippen LogP contribution in [0.3, 0.4) is 0 Å². The van der Waals surface area contributed by atoms with E-state index in [-0.39, 0.29) is 12.5 Å². The average Bonchev–Trinajstić information content (AvgIpc) is 2.59. The smallest absolute Gasteiger partial charge is 0.252 e. The molecule has 0 bridgehead atoms. The van der Waals surface area contributed by atoms with Crippen LogP contribution in [0, 0.1) is 23.2 Å². The lowest BCUT2D eigenvalue weighted by molar-refractivity contribution is 0.0958. The van der Waals surface area contributed by atoms with Crippen LogP contribution in [0.15, 0.2) is 48.5 Å². The normalized spacial score (nSPS) is 9.09. The summed E-state index contributed by atoms with van der Waals surface area (Å²) in [5, 5.41) is 11.4. The molecule has 22 heavy (non-hydrogen) atoms. The Labute approximate surface area is 129 Å². The van der Waals surface area contributed by atoms with Crippen molar-refractivity contribution in [3.05, 3.63) is 65.2 Å². The van der Waals surface area contributed by atoms with Gasteiger partial charge in [-0.15, -0.1) is 0 Å². The third kappa shape index (κ3) is 3.88. The lowest BCUT2D eigenvalue weighted by Crippen LogP contribution is -2.23. The number of nitriles is 1. The summed E-state index contributed by atoms with van der Waals surface area (Å²) in [6, 6.07) is 15.9. The molecule has 0 atom stereocenters. The number of para-hydroxylation sites is 1. The largest absolute Gasteiger partial charge is 0.495 e. The van der Waals surface area contributed by atoms with Crippen LogP contribution in [0.5, 0.6) is 5.75 Å². The second-order valence-corrected chi connectivity index (χ2v) is 4.37. The van der Waals surface area contributed by atoms with Crippen LogP contribution in [0.4, 0.5) is 0 Å². The minimum Gasteiger partial charge on any atom is -0.495 e. The number of amides is 1. The van der Waals surface area contributed by atoms with Gasteiger partial charge in [-0.05, 0) is 36.4 Å². The molecule has 0 aliphatic rings. The van der Waals surface area contributed by atoms with Gasteiger partial charge in [-0.25, -0.2) is 0 Å². The molecule has 108 valence electrons. The van der Waals surface area contributed by atoms with Gasteiger partial charge in [0, 0.05) is 5.56 Å². The fourth-order valence-corrected chi connectivity index (χ4v) is 1.81. The van der Waals surface area contributed by atoms with Gasteiger partial charge in [-0.1, -0.05) is 24.0 Å². The molecule has 0 fully saturated rings. The summed E-state index contributed by atoms with van der Waals surface area (Å²) in [6.45, 7) is 0.233. The first-order valence-corrected chi connectivity index (χ1v) is 6.65. The van der Waals surface area contributed by atoms with Gasteiger partial charge in [0.15, 0.2) is 0 Å². The molecule has 4 nitrogen and oxygen atoms in total. The summed E-state index contributed by atoms with van der Waals surface area (Å²) >= 11 is 0. The monoisotopic (exact) mass is 290 g/mol. The standard InChI is InChI=1S/C18H14N2O2/c1-22-17-7-3-2-5-15(17)6-4-12-20-18(21)16-10-8-14(13-19)9-11-16/h2-3,5,7-11H,12H2,1H3,(H,20,21). The molecule has 0 aliphatic heterocycles. The Balaban J connectivity index is 1.95. The molecule has 4 heteroatoms. The van der Waals surface area contributed by atoms with E-state index in [9.17, 15) is 4.79 Å². The number of carbonyl (C=O) groups is 1. The summed E-state index contributed by atoms with van der Waals surface area (Å²) < 4.78 is 5.20. The maximum absolute atomic E-state index is 11.9. The van der Waals surface area contributed by atoms with Gasteiger partial charge in [0.2, 0.25) is 0 Å². The maximum Gasteiger partial charge on any atom is 0.252 e. The van der Waals surface area contributed by atoms with Gasteiger partial charge in [0.25, 0.3) is 5.91 Å². The lowest BCUT2D eigenvalue weighted by Gasteiger charge is -2.02. The van der Waals surface area contributed by atoms with Crippen LogP contribution in [0.2, 0.25) is 0 Å². The third-order valence-corrected chi connectivity index (χ3v) is 2.94. The van der Waals surface area contributed by atoms with E-state index >= 15 is 0 Å². The topological polar surface area (TPSA) is 62.1 Å².